The number of nitrogens with one attached hydrogen (secondary N) is 1. The van der Waals surface area contributed by atoms with Gasteiger partial charge < -0.3 is 5.32 Å². The van der Waals surface area contributed by atoms with Crippen LogP contribution in [0, 0.1) is 6.92 Å². The molecule has 5 nitrogen and oxygen atoms in total. The van der Waals surface area contributed by atoms with Crippen LogP contribution in [0.3, 0.4) is 0 Å². The van der Waals surface area contributed by atoms with E-state index in [0.717, 1.165) is 28.1 Å². The molecule has 4 rings (SSSR count). The molecule has 2 heterocycles. The molecule has 1 amide bonds. The summed E-state index contributed by atoms with van der Waals surface area (Å²) in [4.78, 5) is 12.6. The van der Waals surface area contributed by atoms with Crippen molar-refractivity contribution >= 4 is 22.5 Å². The van der Waals surface area contributed by atoms with Gasteiger partial charge in [-0.2, -0.15) is 5.10 Å². The highest BCUT2D eigenvalue weighted by atomic mass is 32.2. The Balaban J connectivity index is 1.65. The van der Waals surface area contributed by atoms with Gasteiger partial charge in [-0.15, -0.1) is 0 Å². The van der Waals surface area contributed by atoms with Crippen LogP contribution >= 0.6 is 0 Å². The fourth-order valence-electron chi connectivity index (χ4n) is 3.20. The molecule has 3 aromatic rings. The Morgan fingerprint density at radius 2 is 1.96 bits per heavy atom. The maximum absolute atomic E-state index is 12.6. The summed E-state index contributed by atoms with van der Waals surface area (Å²) < 4.78 is 13.7. The highest BCUT2D eigenvalue weighted by molar-refractivity contribution is 7.83. The number of para-hydroxylation sites is 1. The van der Waals surface area contributed by atoms with E-state index in [1.165, 1.54) is 0 Å². The highest BCUT2D eigenvalue weighted by Gasteiger charge is 2.28. The maximum atomic E-state index is 12.6. The van der Waals surface area contributed by atoms with Gasteiger partial charge in [0.2, 0.25) is 5.91 Å². The van der Waals surface area contributed by atoms with E-state index in [1.54, 1.807) is 4.68 Å². The molecular weight excluding hydrogens is 346 g/mol. The lowest BCUT2D eigenvalue weighted by atomic mass is 10.1. The van der Waals surface area contributed by atoms with Gasteiger partial charge in [0.1, 0.15) is 5.82 Å². The average molecular weight is 365 g/mol. The number of carbonyl (C=O) groups is 1. The predicted octanol–water partition coefficient (Wildman–Crippen LogP) is 3.12. The molecule has 0 spiro atoms. The van der Waals surface area contributed by atoms with E-state index >= 15 is 0 Å². The van der Waals surface area contributed by atoms with E-state index in [1.807, 2.05) is 61.5 Å². The lowest BCUT2D eigenvalue weighted by Gasteiger charge is -2.11. The summed E-state index contributed by atoms with van der Waals surface area (Å²) in [6.07, 6.45) is 0.291. The summed E-state index contributed by atoms with van der Waals surface area (Å²) in [5, 5.41) is 7.60. The summed E-state index contributed by atoms with van der Waals surface area (Å²) in [7, 11) is -0.946. The number of nitrogens with zero attached hydrogens (tertiary/aromatic N) is 2. The zero-order chi connectivity index (χ0) is 18.1. The van der Waals surface area contributed by atoms with Crippen molar-refractivity contribution in [2.24, 2.45) is 0 Å². The fraction of sp³-hybridized carbons (Fsp3) is 0.200. The molecule has 1 aliphatic heterocycles. The molecule has 0 unspecified atom stereocenters. The van der Waals surface area contributed by atoms with Crippen molar-refractivity contribution in [2.45, 2.75) is 24.9 Å². The van der Waals surface area contributed by atoms with Gasteiger partial charge in [-0.25, -0.2) is 4.68 Å². The number of aromatic nitrogens is 2. The molecular formula is C20H19N3O2S. The molecule has 26 heavy (non-hydrogen) atoms. The van der Waals surface area contributed by atoms with Crippen LogP contribution in [0.25, 0.3) is 5.69 Å². The Labute approximate surface area is 154 Å². The van der Waals surface area contributed by atoms with Crippen LogP contribution < -0.4 is 5.32 Å². The van der Waals surface area contributed by atoms with Gasteiger partial charge in [0.05, 0.1) is 29.3 Å². The maximum Gasteiger partial charge on any atom is 0.229 e. The zero-order valence-corrected chi connectivity index (χ0v) is 15.3. The number of hydrogen-bond donors (Lipinski definition) is 1. The first-order valence-electron chi connectivity index (χ1n) is 8.47. The zero-order valence-electron chi connectivity index (χ0n) is 14.4. The minimum atomic E-state index is -0.946. The van der Waals surface area contributed by atoms with Crippen LogP contribution in [0.4, 0.5) is 5.82 Å². The van der Waals surface area contributed by atoms with E-state index in [9.17, 15) is 9.00 Å². The number of benzene rings is 2. The van der Waals surface area contributed by atoms with E-state index < -0.39 is 10.8 Å². The minimum Gasteiger partial charge on any atom is -0.310 e. The summed E-state index contributed by atoms with van der Waals surface area (Å²) >= 11 is 0. The summed E-state index contributed by atoms with van der Waals surface area (Å²) in [5.41, 5.74) is 4.65. The van der Waals surface area contributed by atoms with E-state index in [2.05, 4.69) is 10.4 Å². The molecule has 0 saturated carbocycles. The number of fused-ring (bicyclic) bond motifs is 1. The van der Waals surface area contributed by atoms with E-state index in [0.29, 0.717) is 23.7 Å². The Hall–Kier alpha value is -2.73. The smallest absolute Gasteiger partial charge is 0.229 e. The van der Waals surface area contributed by atoms with Gasteiger partial charge in [-0.1, -0.05) is 48.0 Å². The number of anilines is 1. The van der Waals surface area contributed by atoms with Crippen molar-refractivity contribution in [1.82, 2.24) is 9.78 Å². The van der Waals surface area contributed by atoms with Gasteiger partial charge in [0.15, 0.2) is 0 Å². The van der Waals surface area contributed by atoms with Crippen LogP contribution in [-0.4, -0.2) is 19.9 Å². The summed E-state index contributed by atoms with van der Waals surface area (Å²) in [6.45, 7) is 2.01. The number of rotatable bonds is 4. The summed E-state index contributed by atoms with van der Waals surface area (Å²) in [5.74, 6) is 1.40. The summed E-state index contributed by atoms with van der Waals surface area (Å²) in [6, 6.07) is 17.6. The molecule has 0 radical (unpaired) electrons. The molecule has 0 bridgehead atoms. The van der Waals surface area contributed by atoms with Crippen LogP contribution in [0.1, 0.15) is 22.4 Å². The van der Waals surface area contributed by atoms with Gasteiger partial charge >= 0.3 is 0 Å². The molecule has 2 aromatic carbocycles. The van der Waals surface area contributed by atoms with Gasteiger partial charge in [0, 0.05) is 16.4 Å². The standard InChI is InChI=1S/C20H19N3O2S/c1-14-6-5-7-15(10-14)11-19(24)21-20-17-12-26(25)13-18(17)22-23(20)16-8-3-2-4-9-16/h2-10H,11-13H2,1H3,(H,21,24)/t26-/m1/s1. The third kappa shape index (κ3) is 3.32. The predicted molar refractivity (Wildman–Crippen MR) is 103 cm³/mol. The van der Waals surface area contributed by atoms with Crippen molar-refractivity contribution < 1.29 is 9.00 Å². The molecule has 1 N–H and O–H groups in total. The number of aryl methyl sites for hydroxylation is 1. The van der Waals surface area contributed by atoms with Crippen molar-refractivity contribution in [2.75, 3.05) is 5.32 Å². The Morgan fingerprint density at radius 1 is 1.15 bits per heavy atom. The largest absolute Gasteiger partial charge is 0.310 e. The van der Waals surface area contributed by atoms with Crippen LogP contribution in [0.5, 0.6) is 0 Å². The molecule has 132 valence electrons. The second-order valence-corrected chi connectivity index (χ2v) is 7.92. The highest BCUT2D eigenvalue weighted by Crippen LogP contribution is 2.31. The molecule has 0 saturated heterocycles. The normalized spacial score (nSPS) is 15.7. The van der Waals surface area contributed by atoms with Gasteiger partial charge in [0.25, 0.3) is 0 Å². The first-order chi connectivity index (χ1) is 12.6. The topological polar surface area (TPSA) is 64.0 Å². The van der Waals surface area contributed by atoms with Crippen molar-refractivity contribution in [3.63, 3.8) is 0 Å². The molecule has 6 heteroatoms. The number of hydrogen-bond acceptors (Lipinski definition) is 3. The van der Waals surface area contributed by atoms with Crippen molar-refractivity contribution in [3.8, 4) is 5.69 Å². The van der Waals surface area contributed by atoms with Gasteiger partial charge in [-0.05, 0) is 24.6 Å². The van der Waals surface area contributed by atoms with Gasteiger partial charge in [-0.3, -0.25) is 9.00 Å². The van der Waals surface area contributed by atoms with Crippen LogP contribution in [0.15, 0.2) is 54.6 Å². The molecule has 1 aliphatic rings. The average Bonchev–Trinajstić information content (AvgIpc) is 3.13. The lowest BCUT2D eigenvalue weighted by Crippen LogP contribution is -2.18. The lowest BCUT2D eigenvalue weighted by molar-refractivity contribution is -0.115. The first-order valence-corrected chi connectivity index (χ1v) is 9.95. The third-order valence-corrected chi connectivity index (χ3v) is 5.58. The molecule has 1 aromatic heterocycles. The fourth-order valence-corrected chi connectivity index (χ4v) is 4.46. The Bertz CT molecular complexity index is 996. The van der Waals surface area contributed by atoms with Crippen molar-refractivity contribution in [1.29, 1.82) is 0 Å². The van der Waals surface area contributed by atoms with Crippen molar-refractivity contribution in [3.05, 3.63) is 77.0 Å². The second kappa shape index (κ2) is 6.88. The van der Waals surface area contributed by atoms with Crippen LogP contribution in [-0.2, 0) is 33.5 Å². The first kappa shape index (κ1) is 16.7. The molecule has 1 atom stereocenters. The van der Waals surface area contributed by atoms with E-state index in [-0.39, 0.29) is 5.91 Å². The Morgan fingerprint density at radius 3 is 2.73 bits per heavy atom. The third-order valence-electron chi connectivity index (χ3n) is 4.38. The monoisotopic (exact) mass is 365 g/mol. The van der Waals surface area contributed by atoms with Crippen LogP contribution in [0.2, 0.25) is 0 Å². The van der Waals surface area contributed by atoms with E-state index in [4.69, 9.17) is 0 Å². The quantitative estimate of drug-likeness (QED) is 0.773. The number of amides is 1. The molecule has 0 aliphatic carbocycles. The molecule has 0 fully saturated rings. The number of carbonyl (C=O) groups excluding carboxylic acids is 1. The minimum absolute atomic E-state index is 0.104. The second-order valence-electron chi connectivity index (χ2n) is 6.46. The Kier molecular flexibility index (Phi) is 4.42. The SMILES string of the molecule is Cc1cccc(CC(=O)Nc2c3c(nn2-c2ccccc2)C[S@](=O)C3)c1.